The molecule has 188 valence electrons. The van der Waals surface area contributed by atoms with Crippen molar-refractivity contribution in [1.29, 1.82) is 0 Å². The van der Waals surface area contributed by atoms with Crippen LogP contribution in [0.1, 0.15) is 47.3 Å². The fourth-order valence-corrected chi connectivity index (χ4v) is 5.36. The van der Waals surface area contributed by atoms with E-state index in [0.717, 1.165) is 36.4 Å². The SMILES string of the molecule is O=C(Cc1ccccn1)Nc1ccc(CC2CC[C@H](c3nnc(NC(=O)Cc4ccccn4)s3)C2)nn1. The molecular weight excluding hydrogens is 488 g/mol. The first-order valence-corrected chi connectivity index (χ1v) is 13.0. The van der Waals surface area contributed by atoms with Gasteiger partial charge in [-0.05, 0) is 68.0 Å². The quantitative estimate of drug-likeness (QED) is 0.346. The second-order valence-corrected chi connectivity index (χ2v) is 10.0. The average molecular weight is 515 g/mol. The van der Waals surface area contributed by atoms with Crippen LogP contribution in [0.4, 0.5) is 10.9 Å². The van der Waals surface area contributed by atoms with Gasteiger partial charge >= 0.3 is 0 Å². The van der Waals surface area contributed by atoms with Gasteiger partial charge in [-0.1, -0.05) is 23.5 Å². The van der Waals surface area contributed by atoms with Gasteiger partial charge in [0.2, 0.25) is 16.9 Å². The molecule has 1 fully saturated rings. The smallest absolute Gasteiger partial charge is 0.232 e. The van der Waals surface area contributed by atoms with E-state index in [4.69, 9.17) is 0 Å². The van der Waals surface area contributed by atoms with Crippen LogP contribution < -0.4 is 10.6 Å². The lowest BCUT2D eigenvalue weighted by Gasteiger charge is -2.09. The van der Waals surface area contributed by atoms with E-state index in [1.54, 1.807) is 18.5 Å². The average Bonchev–Trinajstić information content (AvgIpc) is 3.56. The van der Waals surface area contributed by atoms with Crippen molar-refractivity contribution in [1.82, 2.24) is 30.4 Å². The molecule has 1 aliphatic carbocycles. The predicted molar refractivity (Wildman–Crippen MR) is 139 cm³/mol. The standard InChI is InChI=1S/C26H26N8O2S/c35-23(15-19-5-1-3-11-27-19)29-22-10-9-21(31-32-22)14-17-7-8-18(13-17)25-33-34-26(37-25)30-24(36)16-20-6-2-4-12-28-20/h1-6,9-12,17-18H,7-8,13-16H2,(H,29,32,35)(H,30,34,36)/t17?,18-/m0/s1. The van der Waals surface area contributed by atoms with E-state index in [0.29, 0.717) is 34.2 Å². The van der Waals surface area contributed by atoms with E-state index in [2.05, 4.69) is 41.0 Å². The number of nitrogens with one attached hydrogen (secondary N) is 2. The highest BCUT2D eigenvalue weighted by molar-refractivity contribution is 7.15. The lowest BCUT2D eigenvalue weighted by Crippen LogP contribution is -2.16. The highest BCUT2D eigenvalue weighted by Crippen LogP contribution is 2.41. The van der Waals surface area contributed by atoms with E-state index in [-0.39, 0.29) is 24.7 Å². The van der Waals surface area contributed by atoms with Crippen LogP contribution >= 0.6 is 11.3 Å². The van der Waals surface area contributed by atoms with Crippen LogP contribution in [0.25, 0.3) is 0 Å². The molecule has 0 radical (unpaired) electrons. The van der Waals surface area contributed by atoms with Gasteiger partial charge in [-0.3, -0.25) is 19.6 Å². The maximum Gasteiger partial charge on any atom is 0.232 e. The second-order valence-electron chi connectivity index (χ2n) is 9.03. The molecule has 11 heteroatoms. The van der Waals surface area contributed by atoms with Crippen molar-refractivity contribution >= 4 is 34.1 Å². The van der Waals surface area contributed by atoms with Crippen molar-refractivity contribution < 1.29 is 9.59 Å². The zero-order valence-electron chi connectivity index (χ0n) is 20.1. The van der Waals surface area contributed by atoms with Gasteiger partial charge in [0, 0.05) is 29.7 Å². The number of pyridine rings is 2. The number of aromatic nitrogens is 6. The van der Waals surface area contributed by atoms with Gasteiger partial charge < -0.3 is 10.6 Å². The Balaban J connectivity index is 1.08. The lowest BCUT2D eigenvalue weighted by molar-refractivity contribution is -0.116. The number of carbonyl (C=O) groups excluding carboxylic acids is 2. The number of amides is 2. The van der Waals surface area contributed by atoms with Crippen molar-refractivity contribution in [3.8, 4) is 0 Å². The minimum Gasteiger partial charge on any atom is -0.309 e. The number of hydrogen-bond donors (Lipinski definition) is 2. The molecule has 0 saturated heterocycles. The molecular formula is C26H26N8O2S. The van der Waals surface area contributed by atoms with Crippen LogP contribution in [0.3, 0.4) is 0 Å². The summed E-state index contributed by atoms with van der Waals surface area (Å²) in [5, 5.41) is 24.1. The van der Waals surface area contributed by atoms with Crippen molar-refractivity contribution in [2.75, 3.05) is 10.6 Å². The van der Waals surface area contributed by atoms with Crippen LogP contribution in [-0.4, -0.2) is 42.2 Å². The zero-order valence-corrected chi connectivity index (χ0v) is 20.9. The predicted octanol–water partition coefficient (Wildman–Crippen LogP) is 3.61. The van der Waals surface area contributed by atoms with Crippen molar-refractivity contribution in [2.24, 2.45) is 5.92 Å². The third kappa shape index (κ3) is 6.98. The topological polar surface area (TPSA) is 136 Å². The molecule has 2 amide bonds. The molecule has 37 heavy (non-hydrogen) atoms. The molecule has 2 N–H and O–H groups in total. The Morgan fingerprint density at radius 2 is 1.51 bits per heavy atom. The first-order chi connectivity index (χ1) is 18.1. The van der Waals surface area contributed by atoms with Crippen LogP contribution in [0.5, 0.6) is 0 Å². The molecule has 2 atom stereocenters. The van der Waals surface area contributed by atoms with Crippen molar-refractivity contribution in [3.05, 3.63) is 83.0 Å². The molecule has 4 heterocycles. The molecule has 4 aromatic rings. The Kier molecular flexibility index (Phi) is 7.80. The monoisotopic (exact) mass is 514 g/mol. The molecule has 0 aromatic carbocycles. The molecule has 0 aliphatic heterocycles. The first-order valence-electron chi connectivity index (χ1n) is 12.2. The maximum absolute atomic E-state index is 12.3. The highest BCUT2D eigenvalue weighted by atomic mass is 32.1. The number of hydrogen-bond acceptors (Lipinski definition) is 9. The van der Waals surface area contributed by atoms with E-state index in [1.165, 1.54) is 11.3 Å². The number of rotatable bonds is 9. The van der Waals surface area contributed by atoms with E-state index in [9.17, 15) is 9.59 Å². The number of anilines is 2. The van der Waals surface area contributed by atoms with E-state index < -0.39 is 0 Å². The van der Waals surface area contributed by atoms with Gasteiger partial charge in [0.05, 0.1) is 18.5 Å². The first kappa shape index (κ1) is 24.6. The molecule has 1 saturated carbocycles. The summed E-state index contributed by atoms with van der Waals surface area (Å²) in [6.45, 7) is 0. The normalized spacial score (nSPS) is 16.9. The molecule has 0 bridgehead atoms. The van der Waals surface area contributed by atoms with E-state index in [1.807, 2.05) is 42.5 Å². The molecule has 10 nitrogen and oxygen atoms in total. The summed E-state index contributed by atoms with van der Waals surface area (Å²) in [5.41, 5.74) is 2.31. The van der Waals surface area contributed by atoms with Crippen LogP contribution in [0, 0.1) is 5.92 Å². The molecule has 5 rings (SSSR count). The van der Waals surface area contributed by atoms with Gasteiger partial charge in [0.1, 0.15) is 5.01 Å². The third-order valence-electron chi connectivity index (χ3n) is 6.20. The molecule has 1 unspecified atom stereocenters. The highest BCUT2D eigenvalue weighted by Gasteiger charge is 2.29. The Morgan fingerprint density at radius 3 is 2.16 bits per heavy atom. The Hall–Kier alpha value is -4.12. The summed E-state index contributed by atoms with van der Waals surface area (Å²) in [4.78, 5) is 32.8. The van der Waals surface area contributed by atoms with Crippen molar-refractivity contribution in [3.63, 3.8) is 0 Å². The summed E-state index contributed by atoms with van der Waals surface area (Å²) < 4.78 is 0. The summed E-state index contributed by atoms with van der Waals surface area (Å²) in [6, 6.07) is 14.7. The van der Waals surface area contributed by atoms with Gasteiger partial charge in [-0.2, -0.15) is 5.10 Å². The van der Waals surface area contributed by atoms with Crippen LogP contribution in [0.15, 0.2) is 60.9 Å². The summed E-state index contributed by atoms with van der Waals surface area (Å²) in [6.07, 6.45) is 7.62. The minimum absolute atomic E-state index is 0.152. The van der Waals surface area contributed by atoms with Crippen LogP contribution in [-0.2, 0) is 28.9 Å². The second kappa shape index (κ2) is 11.7. The third-order valence-corrected chi connectivity index (χ3v) is 7.20. The van der Waals surface area contributed by atoms with Gasteiger partial charge in [-0.15, -0.1) is 15.3 Å². The fourth-order valence-electron chi connectivity index (χ4n) is 4.45. The molecule has 4 aromatic heterocycles. The van der Waals surface area contributed by atoms with Crippen LogP contribution in [0.2, 0.25) is 0 Å². The Labute approximate surface area is 218 Å². The summed E-state index contributed by atoms with van der Waals surface area (Å²) >= 11 is 1.44. The largest absolute Gasteiger partial charge is 0.309 e. The van der Waals surface area contributed by atoms with Crippen molar-refractivity contribution in [2.45, 2.75) is 44.4 Å². The Bertz CT molecular complexity index is 1330. The minimum atomic E-state index is -0.177. The number of carbonyl (C=O) groups is 2. The van der Waals surface area contributed by atoms with Gasteiger partial charge in [-0.25, -0.2) is 0 Å². The van der Waals surface area contributed by atoms with Gasteiger partial charge in [0.25, 0.3) is 0 Å². The summed E-state index contributed by atoms with van der Waals surface area (Å²) in [5.74, 6) is 0.891. The fraction of sp³-hybridized carbons (Fsp3) is 0.308. The Morgan fingerprint density at radius 1 is 0.784 bits per heavy atom. The summed E-state index contributed by atoms with van der Waals surface area (Å²) in [7, 11) is 0. The zero-order chi connectivity index (χ0) is 25.5. The maximum atomic E-state index is 12.3. The molecule has 1 aliphatic rings. The van der Waals surface area contributed by atoms with Gasteiger partial charge in [0.15, 0.2) is 5.82 Å². The lowest BCUT2D eigenvalue weighted by atomic mass is 10.00. The van der Waals surface area contributed by atoms with E-state index >= 15 is 0 Å². The number of nitrogens with zero attached hydrogens (tertiary/aromatic N) is 6. The molecule has 0 spiro atoms.